The summed E-state index contributed by atoms with van der Waals surface area (Å²) < 4.78 is 18.9. The summed E-state index contributed by atoms with van der Waals surface area (Å²) >= 11 is 5.54. The smallest absolute Gasteiger partial charge is 0.174 e. The third-order valence-electron chi connectivity index (χ3n) is 4.04. The van der Waals surface area contributed by atoms with Gasteiger partial charge in [0.1, 0.15) is 17.6 Å². The number of nitrogens with one attached hydrogen (secondary N) is 1. The number of aromatic nitrogens is 1. The number of hydrogen-bond donors (Lipinski definition) is 1. The second-order valence-corrected chi connectivity index (χ2v) is 5.88. The first-order chi connectivity index (χ1) is 11.7. The number of rotatable bonds is 3. The molecule has 4 rings (SSSR count). The van der Waals surface area contributed by atoms with Crippen LogP contribution in [-0.4, -0.2) is 10.1 Å². The summed E-state index contributed by atoms with van der Waals surface area (Å²) in [5.74, 6) is 0.481. The maximum absolute atomic E-state index is 13.3. The van der Waals surface area contributed by atoms with Crippen LogP contribution in [-0.2, 0) is 0 Å². The van der Waals surface area contributed by atoms with Gasteiger partial charge in [0.05, 0.1) is 18.0 Å². The molecule has 0 unspecified atom stereocenters. The Balaban J connectivity index is 1.80. The average molecular weight is 339 g/mol. The van der Waals surface area contributed by atoms with Crippen molar-refractivity contribution in [2.24, 2.45) is 0 Å². The summed E-state index contributed by atoms with van der Waals surface area (Å²) in [6.07, 6.45) is 3.38. The minimum absolute atomic E-state index is 0.157. The second-order valence-electron chi connectivity index (χ2n) is 5.49. The zero-order valence-electron chi connectivity index (χ0n) is 12.6. The molecule has 24 heavy (non-hydrogen) atoms. The standard InChI is InChI=1S/C18H14FN3OS/c19-12-6-8-13(9-7-12)22-17(15-5-3-11-23-15)16(21-18(22)24)14-4-1-2-10-20-14/h1-11,16-17H,(H,21,24)/t16-,17-/m1/s1. The summed E-state index contributed by atoms with van der Waals surface area (Å²) in [7, 11) is 0. The summed E-state index contributed by atoms with van der Waals surface area (Å²) in [4.78, 5) is 6.38. The first kappa shape index (κ1) is 14.8. The summed E-state index contributed by atoms with van der Waals surface area (Å²) in [6.45, 7) is 0. The summed E-state index contributed by atoms with van der Waals surface area (Å²) in [5, 5.41) is 3.87. The lowest BCUT2D eigenvalue weighted by molar-refractivity contribution is 0.432. The second kappa shape index (κ2) is 6.05. The molecule has 0 bridgehead atoms. The molecular formula is C18H14FN3OS. The Kier molecular flexibility index (Phi) is 3.74. The minimum Gasteiger partial charge on any atom is -0.467 e. The van der Waals surface area contributed by atoms with Gasteiger partial charge in [-0.3, -0.25) is 4.98 Å². The first-order valence-corrected chi connectivity index (χ1v) is 7.94. The fourth-order valence-electron chi connectivity index (χ4n) is 2.98. The highest BCUT2D eigenvalue weighted by Crippen LogP contribution is 2.41. The predicted octanol–water partition coefficient (Wildman–Crippen LogP) is 3.99. The molecule has 1 N–H and O–H groups in total. The number of anilines is 1. The molecule has 1 saturated heterocycles. The lowest BCUT2D eigenvalue weighted by atomic mass is 10.0. The van der Waals surface area contributed by atoms with Crippen LogP contribution in [0.2, 0.25) is 0 Å². The molecule has 4 nitrogen and oxygen atoms in total. The molecule has 3 heterocycles. The first-order valence-electron chi connectivity index (χ1n) is 7.53. The van der Waals surface area contributed by atoms with Gasteiger partial charge in [0, 0.05) is 11.9 Å². The van der Waals surface area contributed by atoms with Crippen LogP contribution in [0.25, 0.3) is 0 Å². The van der Waals surface area contributed by atoms with E-state index in [1.165, 1.54) is 12.1 Å². The Morgan fingerprint density at radius 1 is 1.08 bits per heavy atom. The number of halogens is 1. The van der Waals surface area contributed by atoms with Gasteiger partial charge >= 0.3 is 0 Å². The molecule has 1 fully saturated rings. The molecule has 3 aromatic rings. The van der Waals surface area contributed by atoms with Crippen molar-refractivity contribution in [3.63, 3.8) is 0 Å². The Morgan fingerprint density at radius 3 is 2.58 bits per heavy atom. The highest BCUT2D eigenvalue weighted by Gasteiger charge is 2.42. The summed E-state index contributed by atoms with van der Waals surface area (Å²) in [6, 6.07) is 15.4. The Hall–Kier alpha value is -2.73. The van der Waals surface area contributed by atoms with E-state index in [1.54, 1.807) is 24.6 Å². The molecule has 0 spiro atoms. The number of nitrogens with zero attached hydrogens (tertiary/aromatic N) is 2. The Morgan fingerprint density at radius 2 is 1.92 bits per heavy atom. The van der Waals surface area contributed by atoms with Crippen LogP contribution in [0, 0.1) is 5.82 Å². The molecule has 1 aliphatic rings. The van der Waals surface area contributed by atoms with Crippen LogP contribution >= 0.6 is 12.2 Å². The molecular weight excluding hydrogens is 325 g/mol. The van der Waals surface area contributed by atoms with E-state index in [0.717, 1.165) is 17.1 Å². The largest absolute Gasteiger partial charge is 0.467 e. The number of benzene rings is 1. The van der Waals surface area contributed by atoms with Gasteiger partial charge in [0.25, 0.3) is 0 Å². The normalized spacial score (nSPS) is 20.2. The van der Waals surface area contributed by atoms with Gasteiger partial charge < -0.3 is 14.6 Å². The van der Waals surface area contributed by atoms with Crippen molar-refractivity contribution in [1.82, 2.24) is 10.3 Å². The molecule has 0 aliphatic carbocycles. The van der Waals surface area contributed by atoms with E-state index < -0.39 is 0 Å². The van der Waals surface area contributed by atoms with Gasteiger partial charge in [-0.2, -0.15) is 0 Å². The van der Waals surface area contributed by atoms with Gasteiger partial charge in [-0.05, 0) is 60.7 Å². The third kappa shape index (κ3) is 2.55. The highest BCUT2D eigenvalue weighted by atomic mass is 32.1. The van der Waals surface area contributed by atoms with E-state index in [-0.39, 0.29) is 17.9 Å². The van der Waals surface area contributed by atoms with Gasteiger partial charge in [0.15, 0.2) is 5.11 Å². The number of pyridine rings is 1. The predicted molar refractivity (Wildman–Crippen MR) is 93.0 cm³/mol. The quantitative estimate of drug-likeness (QED) is 0.731. The average Bonchev–Trinajstić information content (AvgIpc) is 3.24. The third-order valence-corrected chi connectivity index (χ3v) is 4.35. The van der Waals surface area contributed by atoms with Crippen LogP contribution < -0.4 is 10.2 Å². The topological polar surface area (TPSA) is 41.3 Å². The van der Waals surface area contributed by atoms with Crippen LogP contribution in [0.5, 0.6) is 0 Å². The number of hydrogen-bond acceptors (Lipinski definition) is 3. The molecule has 1 aromatic carbocycles. The molecule has 0 saturated carbocycles. The van der Waals surface area contributed by atoms with Gasteiger partial charge in [-0.15, -0.1) is 0 Å². The number of furan rings is 1. The van der Waals surface area contributed by atoms with E-state index >= 15 is 0 Å². The fraction of sp³-hybridized carbons (Fsp3) is 0.111. The minimum atomic E-state index is -0.285. The molecule has 2 atom stereocenters. The van der Waals surface area contributed by atoms with Gasteiger partial charge in [-0.25, -0.2) is 4.39 Å². The van der Waals surface area contributed by atoms with Crippen molar-refractivity contribution in [2.45, 2.75) is 12.1 Å². The Labute approximate surface area is 143 Å². The van der Waals surface area contributed by atoms with Crippen molar-refractivity contribution in [3.8, 4) is 0 Å². The van der Waals surface area contributed by atoms with Crippen LogP contribution in [0.1, 0.15) is 23.5 Å². The lowest BCUT2D eigenvalue weighted by Gasteiger charge is -2.26. The number of thiocarbonyl (C=S) groups is 1. The van der Waals surface area contributed by atoms with Crippen molar-refractivity contribution in [3.05, 3.63) is 84.3 Å². The monoisotopic (exact) mass is 339 g/mol. The molecule has 0 amide bonds. The Bertz CT molecular complexity index is 836. The molecule has 0 radical (unpaired) electrons. The van der Waals surface area contributed by atoms with Gasteiger partial charge in [0.2, 0.25) is 0 Å². The van der Waals surface area contributed by atoms with Crippen LogP contribution in [0.15, 0.2) is 71.5 Å². The van der Waals surface area contributed by atoms with Crippen molar-refractivity contribution < 1.29 is 8.81 Å². The van der Waals surface area contributed by atoms with Crippen molar-refractivity contribution >= 4 is 23.0 Å². The molecule has 120 valence electrons. The zero-order valence-corrected chi connectivity index (χ0v) is 13.4. The van der Waals surface area contributed by atoms with E-state index in [0.29, 0.717) is 5.11 Å². The van der Waals surface area contributed by atoms with Gasteiger partial charge in [-0.1, -0.05) is 6.07 Å². The van der Waals surface area contributed by atoms with E-state index in [2.05, 4.69) is 10.3 Å². The zero-order chi connectivity index (χ0) is 16.5. The molecule has 6 heteroatoms. The molecule has 2 aromatic heterocycles. The maximum atomic E-state index is 13.3. The molecule has 1 aliphatic heterocycles. The van der Waals surface area contributed by atoms with Crippen molar-refractivity contribution in [2.75, 3.05) is 4.90 Å². The van der Waals surface area contributed by atoms with E-state index in [1.807, 2.05) is 35.2 Å². The van der Waals surface area contributed by atoms with Crippen LogP contribution in [0.3, 0.4) is 0 Å². The maximum Gasteiger partial charge on any atom is 0.174 e. The lowest BCUT2D eigenvalue weighted by Crippen LogP contribution is -2.29. The van der Waals surface area contributed by atoms with E-state index in [9.17, 15) is 4.39 Å². The SMILES string of the molecule is Fc1ccc(N2C(=S)N[C@H](c3ccccn3)[C@H]2c2ccco2)cc1. The highest BCUT2D eigenvalue weighted by molar-refractivity contribution is 7.80. The van der Waals surface area contributed by atoms with Crippen LogP contribution in [0.4, 0.5) is 10.1 Å². The van der Waals surface area contributed by atoms with Crippen molar-refractivity contribution in [1.29, 1.82) is 0 Å². The summed E-state index contributed by atoms with van der Waals surface area (Å²) in [5.41, 5.74) is 1.67. The fourth-order valence-corrected chi connectivity index (χ4v) is 3.33. The van der Waals surface area contributed by atoms with E-state index in [4.69, 9.17) is 16.6 Å².